The summed E-state index contributed by atoms with van der Waals surface area (Å²) in [4.78, 5) is 174. The topological polar surface area (TPSA) is 492 Å². The fraction of sp³-hybridized carbons (Fsp3) is 0.604. The van der Waals surface area contributed by atoms with Crippen LogP contribution in [0.5, 0.6) is 5.75 Å². The lowest BCUT2D eigenvalue weighted by Gasteiger charge is -2.30. The highest BCUT2D eigenvalue weighted by Crippen LogP contribution is 2.24. The molecule has 19 N–H and O–H groups in total. The number of aromatic hydroxyl groups is 1. The molecule has 1 aromatic rings. The maximum absolute atomic E-state index is 14.1. The molecule has 0 aliphatic carbocycles. The molecule has 0 aromatic heterocycles. The molecule has 0 bridgehead atoms. The van der Waals surface area contributed by atoms with Gasteiger partial charge in [0.15, 0.2) is 0 Å². The number of aliphatic hydroxyl groups is 1. The number of carbonyl (C=O) groups is 13. The summed E-state index contributed by atoms with van der Waals surface area (Å²) in [6.45, 7) is -0.346. The van der Waals surface area contributed by atoms with Crippen molar-refractivity contribution in [2.24, 2.45) is 17.2 Å². The third-order valence-electron chi connectivity index (χ3n) is 12.4. The third-order valence-corrected chi connectivity index (χ3v) is 15.5. The molecule has 1 aromatic carbocycles. The molecule has 2 fully saturated rings. The number of nitrogens with zero attached hydrogens (tertiary/aromatic N) is 1. The van der Waals surface area contributed by atoms with Crippen LogP contribution in [0.4, 0.5) is 0 Å². The van der Waals surface area contributed by atoms with E-state index in [2.05, 4.69) is 47.9 Å². The Morgan fingerprint density at radius 3 is 1.86 bits per heavy atom. The highest BCUT2D eigenvalue weighted by Gasteiger charge is 2.40. The molecule has 30 nitrogen and oxygen atoms in total. The number of hydrogen-bond donors (Lipinski definition) is 16. The average molecular weight is 1200 g/mol. The van der Waals surface area contributed by atoms with Gasteiger partial charge >= 0.3 is 11.9 Å². The lowest BCUT2D eigenvalue weighted by Crippen LogP contribution is -2.61. The molecule has 11 amide bonds. The van der Waals surface area contributed by atoms with Crippen LogP contribution in [0.15, 0.2) is 24.3 Å². The van der Waals surface area contributed by atoms with Crippen LogP contribution in [0.25, 0.3) is 0 Å². The number of aliphatic carboxylic acids is 2. The molecule has 33 heteroatoms. The molecule has 2 aliphatic heterocycles. The van der Waals surface area contributed by atoms with Gasteiger partial charge in [-0.3, -0.25) is 57.5 Å². The second-order valence-corrected chi connectivity index (χ2v) is 22.4. The summed E-state index contributed by atoms with van der Waals surface area (Å²) in [6, 6.07) is -8.12. The Kier molecular flexibility index (Phi) is 29.6. The number of fused-ring (bicyclic) bond motifs is 1. The fourth-order valence-corrected chi connectivity index (χ4v) is 10.8. The van der Waals surface area contributed by atoms with Crippen molar-refractivity contribution in [2.45, 2.75) is 132 Å². The Morgan fingerprint density at radius 2 is 1.27 bits per heavy atom. The Balaban J connectivity index is 2.04. The van der Waals surface area contributed by atoms with Gasteiger partial charge in [0.2, 0.25) is 65.0 Å². The maximum atomic E-state index is 14.1. The van der Waals surface area contributed by atoms with Crippen molar-refractivity contribution < 1.29 is 82.8 Å². The number of benzene rings is 1. The van der Waals surface area contributed by atoms with Crippen molar-refractivity contribution in [2.75, 3.05) is 49.7 Å². The summed E-state index contributed by atoms with van der Waals surface area (Å²) in [5.41, 5.74) is 17.6. The number of nitrogens with one attached hydrogen (secondary N) is 9. The Morgan fingerprint density at radius 1 is 0.704 bits per heavy atom. The van der Waals surface area contributed by atoms with Gasteiger partial charge in [-0.25, -0.2) is 4.79 Å². The van der Waals surface area contributed by atoms with Crippen LogP contribution in [0.2, 0.25) is 0 Å². The van der Waals surface area contributed by atoms with Crippen LogP contribution in [-0.2, 0) is 68.7 Å². The minimum atomic E-state index is -1.83. The zero-order valence-electron chi connectivity index (χ0n) is 44.6. The number of unbranched alkanes of at least 4 members (excludes halogenated alkanes) is 1. The van der Waals surface area contributed by atoms with Crippen LogP contribution in [0.1, 0.15) is 70.3 Å². The summed E-state index contributed by atoms with van der Waals surface area (Å²) in [5.74, 6) is -13.9. The number of phenols is 1. The number of carbonyl (C=O) groups excluding carboxylic acids is 11. The molecule has 0 saturated carbocycles. The number of nitrogens with two attached hydrogens (primary N) is 3. The molecule has 2 aliphatic rings. The van der Waals surface area contributed by atoms with E-state index in [-0.39, 0.29) is 62.4 Å². The lowest BCUT2D eigenvalue weighted by atomic mass is 10.0. The van der Waals surface area contributed by atoms with Gasteiger partial charge in [0.25, 0.3) is 0 Å². The molecule has 2 heterocycles. The lowest BCUT2D eigenvalue weighted by molar-refractivity contribution is -0.143. The third kappa shape index (κ3) is 24.0. The minimum Gasteiger partial charge on any atom is -0.508 e. The first-order chi connectivity index (χ1) is 38.3. The average Bonchev–Trinajstić information content (AvgIpc) is 3.92. The van der Waals surface area contributed by atoms with Crippen molar-refractivity contribution in [3.05, 3.63) is 29.8 Å². The number of hydrogen-bond acceptors (Lipinski definition) is 20. The fourth-order valence-electron chi connectivity index (χ4n) is 8.08. The van der Waals surface area contributed by atoms with Gasteiger partial charge in [0.1, 0.15) is 54.1 Å². The summed E-state index contributed by atoms with van der Waals surface area (Å²) >= 11 is 1.33. The van der Waals surface area contributed by atoms with E-state index >= 15 is 0 Å². The molecular formula is C48H73N13O17S3. The number of primary amides is 1. The molecular weight excluding hydrogens is 1130 g/mol. The maximum Gasteiger partial charge on any atom is 0.327 e. The van der Waals surface area contributed by atoms with E-state index in [4.69, 9.17) is 17.2 Å². The summed E-state index contributed by atoms with van der Waals surface area (Å²) < 4.78 is 0. The van der Waals surface area contributed by atoms with Gasteiger partial charge < -0.3 is 90.4 Å². The van der Waals surface area contributed by atoms with E-state index in [1.54, 1.807) is 6.26 Å². The predicted octanol–water partition coefficient (Wildman–Crippen LogP) is -5.64. The van der Waals surface area contributed by atoms with E-state index in [0.717, 1.165) is 33.4 Å². The highest BCUT2D eigenvalue weighted by atomic mass is 33.1. The van der Waals surface area contributed by atoms with Crippen LogP contribution < -0.4 is 65.1 Å². The SMILES string of the molecule is CSCCC1NC(=O)C2CCCN2C(=O)C(CC(N)=O)NC(=O)C(N)CSSCC(C(=O)O)NC(=O)CNC(=O)C(CCC(=O)O)NC(=O)C(CCCCN)NC(=O)C(C(C)O)NC(=O)C(Cc2ccc(O)cc2)NC(=O)CNC1=O. The van der Waals surface area contributed by atoms with E-state index in [1.807, 2.05) is 0 Å². The van der Waals surface area contributed by atoms with Gasteiger partial charge in [0, 0.05) is 30.9 Å². The number of carboxylic acids is 2. The highest BCUT2D eigenvalue weighted by molar-refractivity contribution is 8.76. The van der Waals surface area contributed by atoms with Crippen molar-refractivity contribution in [1.82, 2.24) is 52.8 Å². The number of phenolic OH excluding ortho intramolecular Hbond substituents is 1. The minimum absolute atomic E-state index is 0.00241. The van der Waals surface area contributed by atoms with Crippen LogP contribution in [-0.4, -0.2) is 212 Å². The van der Waals surface area contributed by atoms with Crippen molar-refractivity contribution in [3.63, 3.8) is 0 Å². The Labute approximate surface area is 478 Å². The van der Waals surface area contributed by atoms with Crippen LogP contribution in [0, 0.1) is 0 Å². The van der Waals surface area contributed by atoms with Gasteiger partial charge in [-0.2, -0.15) is 11.8 Å². The molecule has 450 valence electrons. The first kappa shape index (κ1) is 68.3. The van der Waals surface area contributed by atoms with E-state index in [9.17, 15) is 82.8 Å². The zero-order chi connectivity index (χ0) is 60.3. The summed E-state index contributed by atoms with van der Waals surface area (Å²) in [6.07, 6.45) is -1.30. The zero-order valence-corrected chi connectivity index (χ0v) is 47.1. The molecule has 10 unspecified atom stereocenters. The van der Waals surface area contributed by atoms with Crippen molar-refractivity contribution >= 4 is 110 Å². The number of aliphatic hydroxyl groups excluding tert-OH is 1. The number of carboxylic acid groups (broad SMARTS) is 2. The van der Waals surface area contributed by atoms with E-state index < -0.39 is 170 Å². The second kappa shape index (κ2) is 35.0. The van der Waals surface area contributed by atoms with Gasteiger partial charge in [-0.1, -0.05) is 33.7 Å². The second-order valence-electron chi connectivity index (χ2n) is 18.9. The quantitative estimate of drug-likeness (QED) is 0.0542. The molecule has 3 rings (SSSR count). The van der Waals surface area contributed by atoms with Crippen LogP contribution >= 0.6 is 33.3 Å². The van der Waals surface area contributed by atoms with Crippen molar-refractivity contribution in [1.29, 1.82) is 0 Å². The molecule has 2 saturated heterocycles. The van der Waals surface area contributed by atoms with E-state index in [0.29, 0.717) is 24.2 Å². The van der Waals surface area contributed by atoms with Crippen LogP contribution in [0.3, 0.4) is 0 Å². The number of thioether (sulfide) groups is 1. The molecule has 0 spiro atoms. The van der Waals surface area contributed by atoms with Crippen molar-refractivity contribution in [3.8, 4) is 5.75 Å². The molecule has 81 heavy (non-hydrogen) atoms. The smallest absolute Gasteiger partial charge is 0.327 e. The monoisotopic (exact) mass is 1200 g/mol. The summed E-state index contributed by atoms with van der Waals surface area (Å²) in [5, 5.41) is 61.6. The largest absolute Gasteiger partial charge is 0.508 e. The van der Waals surface area contributed by atoms with Gasteiger partial charge in [-0.05, 0) is 88.1 Å². The van der Waals surface area contributed by atoms with E-state index in [1.165, 1.54) is 36.0 Å². The predicted molar refractivity (Wildman–Crippen MR) is 295 cm³/mol. The summed E-state index contributed by atoms with van der Waals surface area (Å²) in [7, 11) is 1.78. The first-order valence-corrected chi connectivity index (χ1v) is 29.6. The standard InChI is InChI=1S/C48H73N13O17S3/c1-24(62)39-46(75)58-28(6-3-4-15-49)43(72)56-29(12-13-38(67)68)41(70)52-21-37(66)55-33(48(77)78)23-81-80-22-27(50)40(69)59-32(19-35(51)64)47(76)61-16-5-7-34(61)45(74)57-30(14-17-79-2)42(71)53-20-36(65)54-31(44(73)60-39)18-25-8-10-26(63)11-9-25/h8-11,24,27-34,39,62-63H,3-7,12-23,49-50H2,1-2H3,(H2,51,64)(H,52,70)(H,53,71)(H,54,65)(H,55,66)(H,56,72)(H,57,74)(H,58,75)(H,59,69)(H,60,73)(H,67,68)(H,77,78). The normalized spacial score (nSPS) is 25.7. The number of rotatable bonds is 16. The van der Waals surface area contributed by atoms with Gasteiger partial charge in [0.05, 0.1) is 31.7 Å². The Hall–Kier alpha value is -6.94. The number of amides is 11. The molecule has 10 atom stereocenters. The first-order valence-electron chi connectivity index (χ1n) is 25.7. The Bertz CT molecular complexity index is 2410. The molecule has 0 radical (unpaired) electrons. The van der Waals surface area contributed by atoms with Gasteiger partial charge in [-0.15, -0.1) is 0 Å².